The van der Waals surface area contributed by atoms with E-state index in [0.717, 1.165) is 57.8 Å². The fourth-order valence-corrected chi connectivity index (χ4v) is 3.61. The summed E-state index contributed by atoms with van der Waals surface area (Å²) in [6.07, 6.45) is 14.3. The summed E-state index contributed by atoms with van der Waals surface area (Å²) in [5, 5.41) is 48.5. The summed E-state index contributed by atoms with van der Waals surface area (Å²) in [5.74, 6) is -0.400. The number of aliphatic hydroxyl groups excluding tert-OH is 5. The molecule has 0 aromatic carbocycles. The Morgan fingerprint density at radius 3 is 2.19 bits per heavy atom. The van der Waals surface area contributed by atoms with Crippen LogP contribution in [0.4, 0.5) is 0 Å². The largest absolute Gasteiger partial charge is 0.463 e. The Bertz CT molecular complexity index is 647. The fourth-order valence-electron chi connectivity index (χ4n) is 3.61. The van der Waals surface area contributed by atoms with Gasteiger partial charge >= 0.3 is 5.97 Å². The molecule has 1 heterocycles. The van der Waals surface area contributed by atoms with Crippen molar-refractivity contribution in [1.29, 1.82) is 0 Å². The van der Waals surface area contributed by atoms with Crippen molar-refractivity contribution in [2.45, 2.75) is 108 Å². The number of carbonyl (C=O) groups is 1. The molecule has 36 heavy (non-hydrogen) atoms. The van der Waals surface area contributed by atoms with Crippen LogP contribution in [-0.4, -0.2) is 88.1 Å². The molecule has 1 saturated heterocycles. The van der Waals surface area contributed by atoms with Crippen LogP contribution < -0.4 is 0 Å². The lowest BCUT2D eigenvalue weighted by atomic mass is 9.99. The van der Waals surface area contributed by atoms with E-state index in [0.29, 0.717) is 0 Å². The molecule has 0 aromatic heterocycles. The maximum atomic E-state index is 11.9. The van der Waals surface area contributed by atoms with E-state index in [-0.39, 0.29) is 19.6 Å². The summed E-state index contributed by atoms with van der Waals surface area (Å²) in [4.78, 5) is 11.9. The standard InChI is InChI=1S/C27H46O9/c1-2-3-4-5-6-7-8-9-10-11-12-13-14-15-16-17-23(30)34-19-21(29)20-35-27-26(33)25(32)24(31)22(18-28)36-27/h3-4,6-7,9-10,21-22,24-29,31-33H,2,5,8,11-20H2,1H3/b4-3-,7-6-,10-9-/t21-,22-,24+,25+,26+,27-/m1/s1. The van der Waals surface area contributed by atoms with Gasteiger partial charge in [-0.2, -0.15) is 0 Å². The number of esters is 1. The number of aliphatic hydroxyl groups is 5. The van der Waals surface area contributed by atoms with Gasteiger partial charge in [0.1, 0.15) is 37.1 Å². The molecule has 0 spiro atoms. The summed E-state index contributed by atoms with van der Waals surface area (Å²) in [7, 11) is 0. The first-order chi connectivity index (χ1) is 17.4. The lowest BCUT2D eigenvalue weighted by Gasteiger charge is -2.39. The lowest BCUT2D eigenvalue weighted by molar-refractivity contribution is -0.305. The van der Waals surface area contributed by atoms with Gasteiger partial charge in [-0.3, -0.25) is 4.79 Å². The van der Waals surface area contributed by atoms with Crippen LogP contribution in [0.5, 0.6) is 0 Å². The first-order valence-corrected chi connectivity index (χ1v) is 13.1. The highest BCUT2D eigenvalue weighted by molar-refractivity contribution is 5.69. The van der Waals surface area contributed by atoms with Gasteiger partial charge in [0, 0.05) is 6.42 Å². The molecule has 208 valence electrons. The highest BCUT2D eigenvalue weighted by Gasteiger charge is 2.44. The maximum absolute atomic E-state index is 11.9. The quantitative estimate of drug-likeness (QED) is 0.0995. The topological polar surface area (TPSA) is 146 Å². The first kappa shape index (κ1) is 32.4. The van der Waals surface area contributed by atoms with Crippen LogP contribution in [0.1, 0.15) is 71.1 Å². The molecule has 0 radical (unpaired) electrons. The van der Waals surface area contributed by atoms with Crippen molar-refractivity contribution in [3.8, 4) is 0 Å². The van der Waals surface area contributed by atoms with Crippen LogP contribution in [0.2, 0.25) is 0 Å². The van der Waals surface area contributed by atoms with Crippen molar-refractivity contribution < 1.29 is 44.5 Å². The number of hydrogen-bond acceptors (Lipinski definition) is 9. The SMILES string of the molecule is CC/C=C\C/C=C\C/C=C\CCCCCCCC(=O)OC[C@@H](O)CO[C@@H]1O[C@H](CO)[C@H](O)[C@H](O)[C@@H]1O. The van der Waals surface area contributed by atoms with E-state index in [9.17, 15) is 25.2 Å². The van der Waals surface area contributed by atoms with Crippen molar-refractivity contribution in [2.24, 2.45) is 0 Å². The highest BCUT2D eigenvalue weighted by Crippen LogP contribution is 2.22. The van der Waals surface area contributed by atoms with Crippen LogP contribution in [0.25, 0.3) is 0 Å². The fraction of sp³-hybridized carbons (Fsp3) is 0.741. The summed E-state index contributed by atoms with van der Waals surface area (Å²) in [5.41, 5.74) is 0. The highest BCUT2D eigenvalue weighted by atomic mass is 16.7. The molecule has 9 heteroatoms. The third-order valence-electron chi connectivity index (χ3n) is 5.77. The smallest absolute Gasteiger partial charge is 0.305 e. The Morgan fingerprint density at radius 1 is 0.861 bits per heavy atom. The average molecular weight is 515 g/mol. The molecule has 9 nitrogen and oxygen atoms in total. The molecule has 1 fully saturated rings. The molecule has 0 unspecified atom stereocenters. The van der Waals surface area contributed by atoms with Crippen molar-refractivity contribution in [3.63, 3.8) is 0 Å². The van der Waals surface area contributed by atoms with E-state index in [1.165, 1.54) is 0 Å². The second-order valence-electron chi connectivity index (χ2n) is 8.97. The van der Waals surface area contributed by atoms with Crippen molar-refractivity contribution in [3.05, 3.63) is 36.5 Å². The number of ether oxygens (including phenoxy) is 3. The Kier molecular flexibility index (Phi) is 18.4. The van der Waals surface area contributed by atoms with Gasteiger partial charge in [-0.25, -0.2) is 0 Å². The molecule has 0 aromatic rings. The van der Waals surface area contributed by atoms with Crippen molar-refractivity contribution in [2.75, 3.05) is 19.8 Å². The minimum Gasteiger partial charge on any atom is -0.463 e. The number of allylic oxidation sites excluding steroid dienone is 6. The van der Waals surface area contributed by atoms with E-state index in [4.69, 9.17) is 19.3 Å². The van der Waals surface area contributed by atoms with Crippen LogP contribution >= 0.6 is 0 Å². The van der Waals surface area contributed by atoms with Gasteiger partial charge in [-0.1, -0.05) is 62.6 Å². The average Bonchev–Trinajstić information content (AvgIpc) is 2.88. The lowest BCUT2D eigenvalue weighted by Crippen LogP contribution is -2.59. The molecular weight excluding hydrogens is 468 g/mol. The molecule has 6 atom stereocenters. The van der Waals surface area contributed by atoms with Crippen LogP contribution in [0.3, 0.4) is 0 Å². The Hall–Kier alpha value is -1.59. The Labute approximate surface area is 215 Å². The number of unbranched alkanes of at least 4 members (excludes halogenated alkanes) is 5. The summed E-state index contributed by atoms with van der Waals surface area (Å²) < 4.78 is 15.5. The normalized spacial score (nSPS) is 25.8. The van der Waals surface area contributed by atoms with E-state index in [2.05, 4.69) is 43.4 Å². The van der Waals surface area contributed by atoms with Gasteiger partial charge in [0.05, 0.1) is 13.2 Å². The molecule has 1 aliphatic rings. The van der Waals surface area contributed by atoms with Crippen LogP contribution in [-0.2, 0) is 19.0 Å². The van der Waals surface area contributed by atoms with E-state index in [1.807, 2.05) is 0 Å². The number of rotatable bonds is 19. The molecule has 1 aliphatic heterocycles. The van der Waals surface area contributed by atoms with Gasteiger partial charge in [-0.05, 0) is 38.5 Å². The van der Waals surface area contributed by atoms with Crippen molar-refractivity contribution >= 4 is 5.97 Å². The predicted octanol–water partition coefficient (Wildman–Crippen LogP) is 2.30. The summed E-state index contributed by atoms with van der Waals surface area (Å²) in [6, 6.07) is 0. The molecular formula is C27H46O9. The van der Waals surface area contributed by atoms with E-state index >= 15 is 0 Å². The molecule has 5 N–H and O–H groups in total. The van der Waals surface area contributed by atoms with Gasteiger partial charge in [-0.15, -0.1) is 0 Å². The Balaban J connectivity index is 2.02. The molecule has 0 amide bonds. The molecule has 0 aliphatic carbocycles. The zero-order valence-electron chi connectivity index (χ0n) is 21.5. The van der Waals surface area contributed by atoms with Crippen LogP contribution in [0.15, 0.2) is 36.5 Å². The summed E-state index contributed by atoms with van der Waals surface area (Å²) in [6.45, 7) is 0.964. The number of carbonyl (C=O) groups excluding carboxylic acids is 1. The third-order valence-corrected chi connectivity index (χ3v) is 5.77. The van der Waals surface area contributed by atoms with Crippen molar-refractivity contribution in [1.82, 2.24) is 0 Å². The monoisotopic (exact) mass is 514 g/mol. The van der Waals surface area contributed by atoms with Gasteiger partial charge in [0.25, 0.3) is 0 Å². The Morgan fingerprint density at radius 2 is 1.50 bits per heavy atom. The minimum absolute atomic E-state index is 0.271. The summed E-state index contributed by atoms with van der Waals surface area (Å²) >= 11 is 0. The second kappa shape index (κ2) is 20.5. The van der Waals surface area contributed by atoms with Gasteiger partial charge in [0.2, 0.25) is 0 Å². The van der Waals surface area contributed by atoms with Gasteiger partial charge in [0.15, 0.2) is 6.29 Å². The predicted molar refractivity (Wildman–Crippen MR) is 136 cm³/mol. The minimum atomic E-state index is -1.56. The second-order valence-corrected chi connectivity index (χ2v) is 8.97. The molecule has 1 rings (SSSR count). The van der Waals surface area contributed by atoms with Gasteiger partial charge < -0.3 is 39.7 Å². The molecule has 0 bridgehead atoms. The zero-order chi connectivity index (χ0) is 26.6. The maximum Gasteiger partial charge on any atom is 0.305 e. The number of hydrogen-bond donors (Lipinski definition) is 5. The molecule has 0 saturated carbocycles. The third kappa shape index (κ3) is 14.2. The zero-order valence-corrected chi connectivity index (χ0v) is 21.5. The van der Waals surface area contributed by atoms with Crippen LogP contribution in [0, 0.1) is 0 Å². The van der Waals surface area contributed by atoms with E-state index < -0.39 is 49.4 Å². The van der Waals surface area contributed by atoms with E-state index in [1.54, 1.807) is 0 Å². The first-order valence-electron chi connectivity index (χ1n) is 13.1.